The van der Waals surface area contributed by atoms with Crippen LogP contribution in [-0.2, 0) is 9.47 Å². The molecule has 0 aromatic carbocycles. The Hall–Kier alpha value is -0.970. The molecule has 2 unspecified atom stereocenters. The molecule has 0 bridgehead atoms. The van der Waals surface area contributed by atoms with Crippen molar-refractivity contribution < 1.29 is 35.0 Å². The molecule has 0 radical (unpaired) electrons. The molecule has 2 aliphatic heterocycles. The highest BCUT2D eigenvalue weighted by Crippen LogP contribution is 2.35. The van der Waals surface area contributed by atoms with Crippen molar-refractivity contribution in [1.29, 1.82) is 0 Å². The first-order valence-electron chi connectivity index (χ1n) is 7.12. The summed E-state index contributed by atoms with van der Waals surface area (Å²) in [5, 5.41) is 51.9. The van der Waals surface area contributed by atoms with E-state index in [1.807, 2.05) is 0 Å². The molecule has 22 heavy (non-hydrogen) atoms. The zero-order valence-electron chi connectivity index (χ0n) is 11.8. The van der Waals surface area contributed by atoms with Gasteiger partial charge in [-0.05, 0) is 5.53 Å². The third-order valence-corrected chi connectivity index (χ3v) is 4.22. The number of hydrogen-bond acceptors (Lipinski definition) is 8. The van der Waals surface area contributed by atoms with Crippen LogP contribution in [0.3, 0.4) is 0 Å². The highest BCUT2D eigenvalue weighted by Gasteiger charge is 2.47. The molecule has 2 fully saturated rings. The summed E-state index contributed by atoms with van der Waals surface area (Å²) in [6.07, 6.45) is -6.66. The molecule has 2 rings (SSSR count). The van der Waals surface area contributed by atoms with Crippen molar-refractivity contribution in [2.45, 2.75) is 55.7 Å². The van der Waals surface area contributed by atoms with Gasteiger partial charge in [-0.1, -0.05) is 5.11 Å². The molecule has 5 N–H and O–H groups in total. The van der Waals surface area contributed by atoms with E-state index in [0.717, 1.165) is 0 Å². The predicted octanol–water partition coefficient (Wildman–Crippen LogP) is -1.75. The summed E-state index contributed by atoms with van der Waals surface area (Å²) in [5.41, 5.74) is 8.43. The van der Waals surface area contributed by atoms with Crippen LogP contribution in [0.5, 0.6) is 0 Å². The van der Waals surface area contributed by atoms with Gasteiger partial charge in [-0.15, -0.1) is 0 Å². The van der Waals surface area contributed by atoms with Gasteiger partial charge in [0, 0.05) is 23.7 Å². The quantitative estimate of drug-likeness (QED) is 0.232. The fraction of sp³-hybridized carbons (Fsp3) is 1.00. The fourth-order valence-corrected chi connectivity index (χ4v) is 3.13. The molecule has 0 saturated carbocycles. The van der Waals surface area contributed by atoms with Crippen LogP contribution < -0.4 is 0 Å². The lowest BCUT2D eigenvalue weighted by Gasteiger charge is -2.46. The Kier molecular flexibility index (Phi) is 5.95. The lowest BCUT2D eigenvalue weighted by atomic mass is 9.81. The van der Waals surface area contributed by atoms with Crippen LogP contribution in [0.2, 0.25) is 0 Å². The van der Waals surface area contributed by atoms with Gasteiger partial charge in [0.2, 0.25) is 0 Å². The number of hydrogen-bond donors (Lipinski definition) is 5. The Balaban J connectivity index is 2.13. The van der Waals surface area contributed by atoms with Gasteiger partial charge in [0.15, 0.2) is 0 Å². The van der Waals surface area contributed by atoms with Crippen LogP contribution in [0.25, 0.3) is 10.4 Å². The highest BCUT2D eigenvalue weighted by molar-refractivity contribution is 4.95. The van der Waals surface area contributed by atoms with Crippen LogP contribution in [0, 0.1) is 5.92 Å². The predicted molar refractivity (Wildman–Crippen MR) is 71.4 cm³/mol. The topological polar surface area (TPSA) is 168 Å². The summed E-state index contributed by atoms with van der Waals surface area (Å²) < 4.78 is 11.0. The lowest BCUT2D eigenvalue weighted by Crippen LogP contribution is -2.58. The molecule has 0 amide bonds. The van der Waals surface area contributed by atoms with Gasteiger partial charge >= 0.3 is 0 Å². The Morgan fingerprint density at radius 2 is 1.68 bits per heavy atom. The van der Waals surface area contributed by atoms with Crippen molar-refractivity contribution >= 4 is 0 Å². The first-order chi connectivity index (χ1) is 10.5. The first kappa shape index (κ1) is 17.4. The average Bonchev–Trinajstić information content (AvgIpc) is 2.49. The minimum atomic E-state index is -1.22. The van der Waals surface area contributed by atoms with E-state index in [4.69, 9.17) is 15.0 Å². The standard InChI is InChI=1S/C12H21N3O7/c13-15-14-10-2-5(18)11(8(3-16)22-10)7-1-6(19)12(20)9(4-17)21-7/h5-12,16-20H,1-4H2/t5-,6-,7+,8-,9-,10?,11?,12+/m1/s1. The fourth-order valence-electron chi connectivity index (χ4n) is 3.13. The molecule has 10 nitrogen and oxygen atoms in total. The Morgan fingerprint density at radius 1 is 1.00 bits per heavy atom. The molecule has 0 aromatic rings. The molecule has 2 heterocycles. The second kappa shape index (κ2) is 7.53. The zero-order chi connectivity index (χ0) is 16.3. The van der Waals surface area contributed by atoms with Gasteiger partial charge < -0.3 is 35.0 Å². The van der Waals surface area contributed by atoms with Gasteiger partial charge in [-0.25, -0.2) is 0 Å². The Morgan fingerprint density at radius 3 is 2.27 bits per heavy atom. The summed E-state index contributed by atoms with van der Waals surface area (Å²) in [4.78, 5) is 2.62. The maximum absolute atomic E-state index is 10.3. The maximum atomic E-state index is 10.3. The molecule has 126 valence electrons. The normalized spacial score (nSPS) is 46.0. The van der Waals surface area contributed by atoms with Crippen LogP contribution >= 0.6 is 0 Å². The second-order valence-electron chi connectivity index (χ2n) is 5.59. The van der Waals surface area contributed by atoms with E-state index >= 15 is 0 Å². The highest BCUT2D eigenvalue weighted by atomic mass is 16.5. The van der Waals surface area contributed by atoms with Gasteiger partial charge in [0.25, 0.3) is 0 Å². The van der Waals surface area contributed by atoms with Gasteiger partial charge in [-0.2, -0.15) is 0 Å². The SMILES string of the molecule is [N-]=[N+]=NC1C[C@@H](O)C([C@@H]2C[C@@H](O)[C@H](O)[C@@H](CO)O2)[C@@H](CO)O1. The molecule has 2 saturated heterocycles. The number of azide groups is 1. The third-order valence-electron chi connectivity index (χ3n) is 4.22. The summed E-state index contributed by atoms with van der Waals surface area (Å²) in [6.45, 7) is -0.912. The average molecular weight is 319 g/mol. The van der Waals surface area contributed by atoms with Crippen molar-refractivity contribution in [1.82, 2.24) is 0 Å². The summed E-state index contributed by atoms with van der Waals surface area (Å²) in [5.74, 6) is -0.675. The molecular formula is C12H21N3O7. The van der Waals surface area contributed by atoms with E-state index < -0.39 is 62.0 Å². The number of aliphatic hydroxyl groups is 5. The smallest absolute Gasteiger partial charge is 0.139 e. The third kappa shape index (κ3) is 3.50. The molecule has 0 spiro atoms. The van der Waals surface area contributed by atoms with Crippen LogP contribution in [0.15, 0.2) is 5.11 Å². The van der Waals surface area contributed by atoms with Gasteiger partial charge in [0.05, 0.1) is 37.6 Å². The number of aliphatic hydroxyl groups excluding tert-OH is 5. The summed E-state index contributed by atoms with van der Waals surface area (Å²) in [7, 11) is 0. The largest absolute Gasteiger partial charge is 0.394 e. The second-order valence-corrected chi connectivity index (χ2v) is 5.59. The van der Waals surface area contributed by atoms with Gasteiger partial charge in [-0.3, -0.25) is 0 Å². The van der Waals surface area contributed by atoms with Crippen molar-refractivity contribution in [3.05, 3.63) is 10.4 Å². The Labute approximate surface area is 126 Å². The van der Waals surface area contributed by atoms with E-state index in [1.54, 1.807) is 0 Å². The van der Waals surface area contributed by atoms with E-state index in [0.29, 0.717) is 0 Å². The molecule has 8 atom stereocenters. The lowest BCUT2D eigenvalue weighted by molar-refractivity contribution is -0.237. The van der Waals surface area contributed by atoms with Gasteiger partial charge in [0.1, 0.15) is 18.4 Å². The monoisotopic (exact) mass is 319 g/mol. The van der Waals surface area contributed by atoms with Crippen LogP contribution in [0.1, 0.15) is 12.8 Å². The minimum absolute atomic E-state index is 0.0332. The maximum Gasteiger partial charge on any atom is 0.139 e. The van der Waals surface area contributed by atoms with E-state index in [9.17, 15) is 25.5 Å². The van der Waals surface area contributed by atoms with Crippen LogP contribution in [-0.4, -0.2) is 81.6 Å². The number of rotatable bonds is 4. The van der Waals surface area contributed by atoms with Crippen LogP contribution in [0.4, 0.5) is 0 Å². The Bertz CT molecular complexity index is 420. The van der Waals surface area contributed by atoms with Crippen molar-refractivity contribution in [2.24, 2.45) is 11.0 Å². The summed E-state index contributed by atoms with van der Waals surface area (Å²) >= 11 is 0. The van der Waals surface area contributed by atoms with E-state index in [-0.39, 0.29) is 12.8 Å². The molecule has 2 aliphatic rings. The van der Waals surface area contributed by atoms with E-state index in [2.05, 4.69) is 10.0 Å². The van der Waals surface area contributed by atoms with Crippen molar-refractivity contribution in [3.63, 3.8) is 0 Å². The molecular weight excluding hydrogens is 298 g/mol. The zero-order valence-corrected chi connectivity index (χ0v) is 11.8. The van der Waals surface area contributed by atoms with Crippen molar-refractivity contribution in [3.8, 4) is 0 Å². The summed E-state index contributed by atoms with van der Waals surface area (Å²) in [6, 6.07) is 0. The first-order valence-corrected chi connectivity index (χ1v) is 7.12. The molecule has 10 heteroatoms. The molecule has 0 aromatic heterocycles. The minimum Gasteiger partial charge on any atom is -0.394 e. The number of ether oxygens (including phenoxy) is 2. The van der Waals surface area contributed by atoms with E-state index in [1.165, 1.54) is 0 Å². The number of nitrogens with zero attached hydrogens (tertiary/aromatic N) is 3. The van der Waals surface area contributed by atoms with Crippen molar-refractivity contribution in [2.75, 3.05) is 13.2 Å². The molecule has 0 aliphatic carbocycles.